The van der Waals surface area contributed by atoms with Crippen molar-refractivity contribution in [1.29, 1.82) is 0 Å². The number of aromatic nitrogens is 2. The Bertz CT molecular complexity index is 588. The third-order valence-electron chi connectivity index (χ3n) is 1.90. The van der Waals surface area contributed by atoms with Crippen LogP contribution in [0.4, 0.5) is 33.5 Å². The van der Waals surface area contributed by atoms with E-state index in [4.69, 9.17) is 11.6 Å². The first-order valence-electron chi connectivity index (χ1n) is 4.20. The van der Waals surface area contributed by atoms with Gasteiger partial charge >= 0.3 is 0 Å². The van der Waals surface area contributed by atoms with E-state index in [0.29, 0.717) is 11.7 Å². The Morgan fingerprint density at radius 1 is 0.833 bits per heavy atom. The maximum absolute atomic E-state index is 13.3. The lowest BCUT2D eigenvalue weighted by Crippen LogP contribution is -2.07. The van der Waals surface area contributed by atoms with Crippen molar-refractivity contribution in [3.63, 3.8) is 0 Å². The molecule has 10 heteroatoms. The van der Waals surface area contributed by atoms with Gasteiger partial charge < -0.3 is 5.32 Å². The van der Waals surface area contributed by atoms with Gasteiger partial charge in [-0.1, -0.05) is 11.6 Å². The second-order valence-corrected chi connectivity index (χ2v) is 3.86. The molecule has 0 saturated heterocycles. The monoisotopic (exact) mass is 301 g/mol. The van der Waals surface area contributed by atoms with Crippen LogP contribution in [-0.2, 0) is 0 Å². The highest BCUT2D eigenvalue weighted by atomic mass is 35.5. The SMILES string of the molecule is Fc1c(F)c(F)c(Nc2nsnc2Cl)c(F)c1F. The smallest absolute Gasteiger partial charge is 0.200 e. The molecule has 3 nitrogen and oxygen atoms in total. The third kappa shape index (κ3) is 1.99. The van der Waals surface area contributed by atoms with Crippen LogP contribution in [0.25, 0.3) is 0 Å². The summed E-state index contributed by atoms with van der Waals surface area (Å²) in [7, 11) is 0. The van der Waals surface area contributed by atoms with Crippen molar-refractivity contribution >= 4 is 34.8 Å². The molecule has 0 radical (unpaired) electrons. The van der Waals surface area contributed by atoms with Crippen molar-refractivity contribution in [3.05, 3.63) is 34.2 Å². The fourth-order valence-corrected chi connectivity index (χ4v) is 1.73. The summed E-state index contributed by atoms with van der Waals surface area (Å²) in [4.78, 5) is 0. The van der Waals surface area contributed by atoms with E-state index in [2.05, 4.69) is 8.75 Å². The molecule has 0 aliphatic rings. The summed E-state index contributed by atoms with van der Waals surface area (Å²) in [5.74, 6) is -10.7. The molecule has 96 valence electrons. The highest BCUT2D eigenvalue weighted by molar-refractivity contribution is 6.99. The van der Waals surface area contributed by atoms with Gasteiger partial charge in [0.1, 0.15) is 5.69 Å². The van der Waals surface area contributed by atoms with Crippen molar-refractivity contribution in [1.82, 2.24) is 8.75 Å². The van der Waals surface area contributed by atoms with Gasteiger partial charge in [-0.3, -0.25) is 0 Å². The van der Waals surface area contributed by atoms with Crippen LogP contribution in [0.5, 0.6) is 0 Å². The Morgan fingerprint density at radius 2 is 1.33 bits per heavy atom. The summed E-state index contributed by atoms with van der Waals surface area (Å²) in [5.41, 5.74) is -1.24. The molecule has 0 aliphatic carbocycles. The summed E-state index contributed by atoms with van der Waals surface area (Å²) in [6, 6.07) is 0. The maximum Gasteiger partial charge on any atom is 0.200 e. The quantitative estimate of drug-likeness (QED) is 0.523. The van der Waals surface area contributed by atoms with E-state index in [1.807, 2.05) is 5.32 Å². The number of halogens is 6. The standard InChI is InChI=1S/C8HClF5N3S/c9-7-8(17-18-16-7)15-6-4(13)2(11)1(10)3(12)5(6)14/h(H,15,17). The van der Waals surface area contributed by atoms with Crippen LogP contribution in [0, 0.1) is 29.1 Å². The largest absolute Gasteiger partial charge is 0.332 e. The van der Waals surface area contributed by atoms with E-state index in [1.54, 1.807) is 0 Å². The van der Waals surface area contributed by atoms with Gasteiger partial charge in [-0.15, -0.1) is 0 Å². The first-order valence-corrected chi connectivity index (χ1v) is 5.30. The second-order valence-electron chi connectivity index (χ2n) is 2.97. The number of benzene rings is 1. The molecule has 0 atom stereocenters. The van der Waals surface area contributed by atoms with Crippen molar-refractivity contribution in [2.75, 3.05) is 5.32 Å². The van der Waals surface area contributed by atoms with Crippen molar-refractivity contribution in [2.24, 2.45) is 0 Å². The molecule has 0 saturated carbocycles. The van der Waals surface area contributed by atoms with Crippen LogP contribution < -0.4 is 5.32 Å². The highest BCUT2D eigenvalue weighted by Crippen LogP contribution is 2.31. The number of nitrogens with one attached hydrogen (secondary N) is 1. The zero-order chi connectivity index (χ0) is 13.4. The molecule has 0 unspecified atom stereocenters. The van der Waals surface area contributed by atoms with Crippen LogP contribution >= 0.6 is 23.3 Å². The Hall–Kier alpha value is -1.48. The molecule has 1 heterocycles. The lowest BCUT2D eigenvalue weighted by Gasteiger charge is -2.08. The molecule has 2 rings (SSSR count). The maximum atomic E-state index is 13.3. The number of anilines is 2. The first kappa shape index (κ1) is 13.0. The minimum Gasteiger partial charge on any atom is -0.332 e. The minimum atomic E-state index is -2.24. The predicted molar refractivity (Wildman–Crippen MR) is 54.4 cm³/mol. The van der Waals surface area contributed by atoms with Gasteiger partial charge in [-0.05, 0) is 0 Å². The van der Waals surface area contributed by atoms with Crippen LogP contribution in [0.15, 0.2) is 0 Å². The van der Waals surface area contributed by atoms with Crippen molar-refractivity contribution in [3.8, 4) is 0 Å². The first-order chi connectivity index (χ1) is 8.43. The molecule has 0 aliphatic heterocycles. The van der Waals surface area contributed by atoms with Crippen molar-refractivity contribution in [2.45, 2.75) is 0 Å². The normalized spacial score (nSPS) is 10.8. The topological polar surface area (TPSA) is 37.8 Å². The number of hydrogen-bond donors (Lipinski definition) is 1. The highest BCUT2D eigenvalue weighted by Gasteiger charge is 2.26. The number of nitrogens with zero attached hydrogens (tertiary/aromatic N) is 2. The molecule has 2 aromatic rings. The van der Waals surface area contributed by atoms with E-state index in [-0.39, 0.29) is 11.0 Å². The van der Waals surface area contributed by atoms with E-state index < -0.39 is 34.8 Å². The Balaban J connectivity index is 2.55. The van der Waals surface area contributed by atoms with Crippen LogP contribution in [-0.4, -0.2) is 8.75 Å². The summed E-state index contributed by atoms with van der Waals surface area (Å²) < 4.78 is 71.9. The molecule has 0 fully saturated rings. The Morgan fingerprint density at radius 3 is 1.78 bits per heavy atom. The van der Waals surface area contributed by atoms with E-state index >= 15 is 0 Å². The van der Waals surface area contributed by atoms with Gasteiger partial charge in [0.2, 0.25) is 5.82 Å². The number of hydrogen-bond acceptors (Lipinski definition) is 4. The van der Waals surface area contributed by atoms with Gasteiger partial charge in [0.25, 0.3) is 0 Å². The molecule has 18 heavy (non-hydrogen) atoms. The van der Waals surface area contributed by atoms with Gasteiger partial charge in [0.15, 0.2) is 34.2 Å². The van der Waals surface area contributed by atoms with Gasteiger partial charge in [-0.2, -0.15) is 8.75 Å². The molecule has 0 spiro atoms. The van der Waals surface area contributed by atoms with Gasteiger partial charge in [-0.25, -0.2) is 22.0 Å². The van der Waals surface area contributed by atoms with E-state index in [1.165, 1.54) is 0 Å². The Kier molecular flexibility index (Phi) is 3.35. The molecular weight excluding hydrogens is 301 g/mol. The summed E-state index contributed by atoms with van der Waals surface area (Å²) in [5, 5.41) is 1.66. The van der Waals surface area contributed by atoms with Crippen LogP contribution in [0.3, 0.4) is 0 Å². The molecule has 1 N–H and O–H groups in total. The summed E-state index contributed by atoms with van der Waals surface area (Å²) in [6.07, 6.45) is 0. The predicted octanol–water partition coefficient (Wildman–Crippen LogP) is 3.63. The van der Waals surface area contributed by atoms with E-state index in [9.17, 15) is 22.0 Å². The van der Waals surface area contributed by atoms with Crippen molar-refractivity contribution < 1.29 is 22.0 Å². The molecular formula is C8HClF5N3S. The van der Waals surface area contributed by atoms with Crippen LogP contribution in [0.2, 0.25) is 5.15 Å². The summed E-state index contributed by atoms with van der Waals surface area (Å²) in [6.45, 7) is 0. The fourth-order valence-electron chi connectivity index (χ4n) is 1.09. The molecule has 1 aromatic heterocycles. The van der Waals surface area contributed by atoms with E-state index in [0.717, 1.165) is 0 Å². The van der Waals surface area contributed by atoms with Gasteiger partial charge in [0.05, 0.1) is 11.7 Å². The minimum absolute atomic E-state index is 0.246. The zero-order valence-electron chi connectivity index (χ0n) is 8.07. The average Bonchev–Trinajstić information content (AvgIpc) is 2.75. The lowest BCUT2D eigenvalue weighted by atomic mass is 10.2. The lowest BCUT2D eigenvalue weighted by molar-refractivity contribution is 0.382. The zero-order valence-corrected chi connectivity index (χ0v) is 9.64. The fraction of sp³-hybridized carbons (Fsp3) is 0. The van der Waals surface area contributed by atoms with Crippen LogP contribution in [0.1, 0.15) is 0 Å². The average molecular weight is 302 g/mol. The summed E-state index contributed by atoms with van der Waals surface area (Å²) >= 11 is 6.08. The van der Waals surface area contributed by atoms with Gasteiger partial charge in [0, 0.05) is 0 Å². The number of rotatable bonds is 2. The molecule has 0 bridgehead atoms. The molecule has 0 amide bonds. The molecule has 1 aromatic carbocycles. The Labute approximate surface area is 106 Å². The third-order valence-corrected chi connectivity index (χ3v) is 2.79. The second kappa shape index (κ2) is 4.65.